The minimum Gasteiger partial charge on any atom is -0.400 e. The van der Waals surface area contributed by atoms with E-state index < -0.39 is 0 Å². The van der Waals surface area contributed by atoms with Gasteiger partial charge in [-0.2, -0.15) is 0 Å². The fourth-order valence-electron chi connectivity index (χ4n) is 1.82. The normalized spacial score (nSPS) is 23.2. The largest absolute Gasteiger partial charge is 0.487 e. The van der Waals surface area contributed by atoms with Crippen molar-refractivity contribution in [1.82, 2.24) is 0 Å². The molecule has 0 unspecified atom stereocenters. The highest BCUT2D eigenvalue weighted by atomic mass is 35.5. The minimum absolute atomic E-state index is 0.217. The van der Waals surface area contributed by atoms with Crippen LogP contribution in [0.4, 0.5) is 0 Å². The van der Waals surface area contributed by atoms with E-state index in [1.165, 1.54) is 5.57 Å². The highest BCUT2D eigenvalue weighted by Gasteiger charge is 2.50. The maximum Gasteiger partial charge on any atom is 0.487 e. The van der Waals surface area contributed by atoms with Gasteiger partial charge >= 0.3 is 7.12 Å². The second-order valence-electron chi connectivity index (χ2n) is 5.60. The Kier molecular flexibility index (Phi) is 5.12. The zero-order chi connectivity index (χ0) is 13.1. The van der Waals surface area contributed by atoms with Crippen molar-refractivity contribution in [1.29, 1.82) is 0 Å². The summed E-state index contributed by atoms with van der Waals surface area (Å²) >= 11 is 5.72. The van der Waals surface area contributed by atoms with Gasteiger partial charge in [0, 0.05) is 5.88 Å². The Morgan fingerprint density at radius 2 is 1.71 bits per heavy atom. The third-order valence-corrected chi connectivity index (χ3v) is 4.00. The van der Waals surface area contributed by atoms with Crippen LogP contribution in [0.15, 0.2) is 11.5 Å². The number of allylic oxidation sites excluding steroid dienone is 1. The van der Waals surface area contributed by atoms with Crippen molar-refractivity contribution in [2.45, 2.75) is 65.1 Å². The summed E-state index contributed by atoms with van der Waals surface area (Å²) in [4.78, 5) is 0. The number of alkyl halides is 1. The van der Waals surface area contributed by atoms with Gasteiger partial charge in [-0.3, -0.25) is 0 Å². The number of halogens is 1. The van der Waals surface area contributed by atoms with Gasteiger partial charge in [0.2, 0.25) is 0 Å². The van der Waals surface area contributed by atoms with Gasteiger partial charge in [-0.25, -0.2) is 0 Å². The zero-order valence-electron chi connectivity index (χ0n) is 11.7. The summed E-state index contributed by atoms with van der Waals surface area (Å²) in [5.74, 6) is 2.82. The first-order valence-electron chi connectivity index (χ1n) is 6.43. The topological polar surface area (TPSA) is 18.5 Å². The molecule has 0 amide bonds. The van der Waals surface area contributed by atoms with E-state index in [-0.39, 0.29) is 18.3 Å². The Morgan fingerprint density at radius 3 is 2.12 bits per heavy atom. The average molecular weight is 259 g/mol. The molecule has 0 bridgehead atoms. The van der Waals surface area contributed by atoms with E-state index in [0.717, 1.165) is 19.3 Å². The number of hydrogen-bond donors (Lipinski definition) is 0. The van der Waals surface area contributed by atoms with Crippen molar-refractivity contribution >= 4 is 18.7 Å². The van der Waals surface area contributed by atoms with Crippen LogP contribution in [0.2, 0.25) is 0 Å². The van der Waals surface area contributed by atoms with Crippen LogP contribution in [0.5, 0.6) is 0 Å². The van der Waals surface area contributed by atoms with E-state index in [1.807, 2.05) is 0 Å². The highest BCUT2D eigenvalue weighted by Crippen LogP contribution is 2.37. The van der Waals surface area contributed by atoms with Crippen molar-refractivity contribution in [3.63, 3.8) is 0 Å². The molecule has 2 nitrogen and oxygen atoms in total. The van der Waals surface area contributed by atoms with Gasteiger partial charge in [0.15, 0.2) is 0 Å². The summed E-state index contributed by atoms with van der Waals surface area (Å²) in [5, 5.41) is 0. The van der Waals surface area contributed by atoms with Crippen molar-refractivity contribution in [3.05, 3.63) is 11.5 Å². The van der Waals surface area contributed by atoms with Crippen LogP contribution in [0.1, 0.15) is 53.9 Å². The molecule has 4 heteroatoms. The Hall–Kier alpha value is 0.0149. The van der Waals surface area contributed by atoms with E-state index in [1.54, 1.807) is 0 Å². The van der Waals surface area contributed by atoms with Crippen molar-refractivity contribution in [2.24, 2.45) is 0 Å². The van der Waals surface area contributed by atoms with E-state index in [2.05, 4.69) is 40.6 Å². The molecule has 1 heterocycles. The van der Waals surface area contributed by atoms with E-state index in [0.29, 0.717) is 5.88 Å². The standard InChI is InChI=1S/C13H24BClO2/c1-6-11(8-7-9-15)10-14-16-12(2,3)13(4,5)17-14/h10H,6-9H2,1-5H3. The van der Waals surface area contributed by atoms with Gasteiger partial charge < -0.3 is 9.31 Å². The molecular weight excluding hydrogens is 234 g/mol. The predicted octanol–water partition coefficient (Wildman–Crippen LogP) is 3.97. The summed E-state index contributed by atoms with van der Waals surface area (Å²) in [7, 11) is -0.217. The molecule has 0 saturated carbocycles. The smallest absolute Gasteiger partial charge is 0.400 e. The molecule has 0 atom stereocenters. The molecular formula is C13H24BClO2. The summed E-state index contributed by atoms with van der Waals surface area (Å²) in [6.45, 7) is 10.5. The van der Waals surface area contributed by atoms with Crippen LogP contribution in [0.3, 0.4) is 0 Å². The summed E-state index contributed by atoms with van der Waals surface area (Å²) in [5.41, 5.74) is 0.864. The Balaban J connectivity index is 2.67. The molecule has 0 spiro atoms. The van der Waals surface area contributed by atoms with Crippen LogP contribution >= 0.6 is 11.6 Å². The van der Waals surface area contributed by atoms with Gasteiger partial charge in [-0.1, -0.05) is 18.5 Å². The second-order valence-corrected chi connectivity index (χ2v) is 5.97. The Labute approximate surface area is 111 Å². The summed E-state index contributed by atoms with van der Waals surface area (Å²) in [6, 6.07) is 0. The lowest BCUT2D eigenvalue weighted by Gasteiger charge is -2.32. The SMILES string of the molecule is CCC(=CB1OC(C)(C)C(C)(C)O1)CCCCl. The first-order valence-corrected chi connectivity index (χ1v) is 6.97. The van der Waals surface area contributed by atoms with E-state index in [9.17, 15) is 0 Å². The summed E-state index contributed by atoms with van der Waals surface area (Å²) < 4.78 is 11.9. The van der Waals surface area contributed by atoms with Crippen LogP contribution < -0.4 is 0 Å². The Bertz CT molecular complexity index is 271. The van der Waals surface area contributed by atoms with E-state index >= 15 is 0 Å². The van der Waals surface area contributed by atoms with Crippen molar-refractivity contribution in [2.75, 3.05) is 5.88 Å². The molecule has 0 aromatic rings. The van der Waals surface area contributed by atoms with Crippen LogP contribution in [0, 0.1) is 0 Å². The first kappa shape index (κ1) is 15.1. The molecule has 0 aromatic heterocycles. The molecule has 1 rings (SSSR count). The van der Waals surface area contributed by atoms with Crippen LogP contribution in [0.25, 0.3) is 0 Å². The quantitative estimate of drug-likeness (QED) is 0.549. The third-order valence-electron chi connectivity index (χ3n) is 3.73. The van der Waals surface area contributed by atoms with Gasteiger partial charge in [-0.15, -0.1) is 11.6 Å². The van der Waals surface area contributed by atoms with Crippen LogP contribution in [-0.2, 0) is 9.31 Å². The fraction of sp³-hybridized carbons (Fsp3) is 0.846. The van der Waals surface area contributed by atoms with E-state index in [4.69, 9.17) is 20.9 Å². The lowest BCUT2D eigenvalue weighted by Crippen LogP contribution is -2.41. The Morgan fingerprint density at radius 1 is 1.18 bits per heavy atom. The fourth-order valence-corrected chi connectivity index (χ4v) is 1.95. The summed E-state index contributed by atoms with van der Waals surface area (Å²) in [6.07, 6.45) is 3.08. The molecule has 17 heavy (non-hydrogen) atoms. The lowest BCUT2D eigenvalue weighted by molar-refractivity contribution is 0.00578. The lowest BCUT2D eigenvalue weighted by atomic mass is 9.85. The molecule has 1 aliphatic heterocycles. The van der Waals surface area contributed by atoms with Gasteiger partial charge in [0.25, 0.3) is 0 Å². The van der Waals surface area contributed by atoms with Crippen LogP contribution in [-0.4, -0.2) is 24.2 Å². The number of hydrogen-bond acceptors (Lipinski definition) is 2. The van der Waals surface area contributed by atoms with Crippen molar-refractivity contribution < 1.29 is 9.31 Å². The molecule has 0 aromatic carbocycles. The van der Waals surface area contributed by atoms with Gasteiger partial charge in [0.05, 0.1) is 11.2 Å². The molecule has 98 valence electrons. The van der Waals surface area contributed by atoms with Gasteiger partial charge in [0.1, 0.15) is 0 Å². The molecule has 1 aliphatic rings. The maximum atomic E-state index is 5.94. The highest BCUT2D eigenvalue weighted by molar-refractivity contribution is 6.51. The minimum atomic E-state index is -0.250. The third kappa shape index (κ3) is 3.74. The molecule has 0 N–H and O–H groups in total. The average Bonchev–Trinajstić information content (AvgIpc) is 2.42. The molecule has 0 aliphatic carbocycles. The molecule has 1 fully saturated rings. The molecule has 0 radical (unpaired) electrons. The maximum absolute atomic E-state index is 5.94. The molecule has 1 saturated heterocycles. The zero-order valence-corrected chi connectivity index (χ0v) is 12.4. The predicted molar refractivity (Wildman–Crippen MR) is 74.4 cm³/mol. The second kappa shape index (κ2) is 5.77. The first-order chi connectivity index (χ1) is 7.82. The van der Waals surface area contributed by atoms with Gasteiger partial charge in [-0.05, 0) is 47.0 Å². The number of rotatable bonds is 5. The van der Waals surface area contributed by atoms with Crippen molar-refractivity contribution in [3.8, 4) is 0 Å². The monoisotopic (exact) mass is 258 g/mol.